The van der Waals surface area contributed by atoms with E-state index in [0.29, 0.717) is 0 Å². The van der Waals surface area contributed by atoms with Gasteiger partial charge in [0.25, 0.3) is 0 Å². The van der Waals surface area contributed by atoms with Gasteiger partial charge >= 0.3 is 0 Å². The number of hydrogen-bond donors (Lipinski definition) is 1. The molecule has 0 rings (SSSR count). The molecule has 0 aliphatic heterocycles. The molecule has 0 aromatic rings. The highest BCUT2D eigenvalue weighted by Crippen LogP contribution is 2.14. The van der Waals surface area contributed by atoms with Crippen LogP contribution in [0.15, 0.2) is 0 Å². The summed E-state index contributed by atoms with van der Waals surface area (Å²) in [6.07, 6.45) is 25.8. The van der Waals surface area contributed by atoms with Crippen molar-refractivity contribution in [3.8, 4) is 0 Å². The van der Waals surface area contributed by atoms with E-state index in [0.717, 1.165) is 13.1 Å². The lowest BCUT2D eigenvalue weighted by atomic mass is 10.0. The van der Waals surface area contributed by atoms with E-state index in [1.807, 2.05) is 5.01 Å². The molecule has 0 heterocycles. The van der Waals surface area contributed by atoms with Gasteiger partial charge in [-0.1, -0.05) is 123 Å². The second-order valence-corrected chi connectivity index (χ2v) is 7.64. The number of rotatable bonds is 20. The quantitative estimate of drug-likeness (QED) is 0.144. The Labute approximate surface area is 153 Å². The Bertz CT molecular complexity index is 218. The van der Waals surface area contributed by atoms with Crippen molar-refractivity contribution >= 4 is 0 Å². The number of nitrogens with zero attached hydrogens (tertiary/aromatic N) is 1. The zero-order chi connectivity index (χ0) is 17.7. The van der Waals surface area contributed by atoms with Crippen molar-refractivity contribution in [3.63, 3.8) is 0 Å². The summed E-state index contributed by atoms with van der Waals surface area (Å²) in [7, 11) is 0. The van der Waals surface area contributed by atoms with Gasteiger partial charge < -0.3 is 0 Å². The van der Waals surface area contributed by atoms with Crippen LogP contribution < -0.4 is 5.84 Å². The minimum Gasteiger partial charge on any atom is -0.269 e. The molecule has 0 saturated heterocycles. The first kappa shape index (κ1) is 23.9. The lowest BCUT2D eigenvalue weighted by molar-refractivity contribution is 0.290. The maximum absolute atomic E-state index is 5.78. The first-order valence-corrected chi connectivity index (χ1v) is 11.3. The zero-order valence-corrected chi connectivity index (χ0v) is 17.2. The Morgan fingerprint density at radius 2 is 0.750 bits per heavy atom. The lowest BCUT2D eigenvalue weighted by Gasteiger charge is -2.12. The van der Waals surface area contributed by atoms with Crippen LogP contribution in [0.3, 0.4) is 0 Å². The number of nitrogens with two attached hydrogens (primary N) is 1. The molecule has 0 aromatic heterocycles. The van der Waals surface area contributed by atoms with Crippen LogP contribution in [-0.4, -0.2) is 18.1 Å². The highest BCUT2D eigenvalue weighted by molar-refractivity contribution is 4.51. The van der Waals surface area contributed by atoms with Gasteiger partial charge in [-0.05, 0) is 6.42 Å². The standard InChI is InChI=1S/C22H48N2/c1-3-5-6-7-8-9-10-11-12-13-14-15-16-17-18-19-20-21-22-24(23)4-2/h3-23H2,1-2H3. The van der Waals surface area contributed by atoms with E-state index < -0.39 is 0 Å². The van der Waals surface area contributed by atoms with E-state index in [9.17, 15) is 0 Å². The highest BCUT2D eigenvalue weighted by atomic mass is 15.4. The molecular weight excluding hydrogens is 292 g/mol. The fourth-order valence-electron chi connectivity index (χ4n) is 3.37. The molecule has 2 nitrogen and oxygen atoms in total. The van der Waals surface area contributed by atoms with Crippen LogP contribution in [0.2, 0.25) is 0 Å². The van der Waals surface area contributed by atoms with Gasteiger partial charge in [-0.2, -0.15) is 0 Å². The van der Waals surface area contributed by atoms with Crippen LogP contribution in [0, 0.1) is 0 Å². The number of hydrogen-bond acceptors (Lipinski definition) is 2. The molecule has 0 bridgehead atoms. The Hall–Kier alpha value is -0.0800. The van der Waals surface area contributed by atoms with Gasteiger partial charge in [0.15, 0.2) is 0 Å². The third kappa shape index (κ3) is 20.0. The van der Waals surface area contributed by atoms with Crippen molar-refractivity contribution in [1.29, 1.82) is 0 Å². The molecule has 0 spiro atoms. The molecule has 0 amide bonds. The molecule has 0 aromatic carbocycles. The van der Waals surface area contributed by atoms with Crippen molar-refractivity contribution in [3.05, 3.63) is 0 Å². The SMILES string of the molecule is CCCCCCCCCCCCCCCCCCCCN(N)CC. The van der Waals surface area contributed by atoms with Crippen molar-refractivity contribution in [2.45, 2.75) is 129 Å². The Kier molecular flexibility index (Phi) is 20.9. The first-order valence-electron chi connectivity index (χ1n) is 11.3. The van der Waals surface area contributed by atoms with Gasteiger partial charge in [0.05, 0.1) is 0 Å². The van der Waals surface area contributed by atoms with E-state index in [-0.39, 0.29) is 0 Å². The Balaban J connectivity index is 2.98. The van der Waals surface area contributed by atoms with Crippen molar-refractivity contribution in [1.82, 2.24) is 5.01 Å². The zero-order valence-electron chi connectivity index (χ0n) is 17.2. The monoisotopic (exact) mass is 340 g/mol. The second-order valence-electron chi connectivity index (χ2n) is 7.64. The first-order chi connectivity index (χ1) is 11.8. The van der Waals surface area contributed by atoms with Crippen molar-refractivity contribution < 1.29 is 0 Å². The molecule has 0 aliphatic rings. The number of unbranched alkanes of at least 4 members (excludes halogenated alkanes) is 17. The summed E-state index contributed by atoms with van der Waals surface area (Å²) in [4.78, 5) is 0. The molecule has 0 atom stereocenters. The summed E-state index contributed by atoms with van der Waals surface area (Å²) < 4.78 is 0. The van der Waals surface area contributed by atoms with E-state index in [1.54, 1.807) is 0 Å². The fraction of sp³-hybridized carbons (Fsp3) is 1.00. The normalized spacial score (nSPS) is 11.5. The van der Waals surface area contributed by atoms with E-state index in [4.69, 9.17) is 5.84 Å². The van der Waals surface area contributed by atoms with Gasteiger partial charge in [0.2, 0.25) is 0 Å². The minimum absolute atomic E-state index is 0.971. The predicted molar refractivity (Wildman–Crippen MR) is 110 cm³/mol. The minimum atomic E-state index is 0.971. The molecular formula is C22H48N2. The van der Waals surface area contributed by atoms with Crippen LogP contribution in [0.5, 0.6) is 0 Å². The summed E-state index contributed by atoms with van der Waals surface area (Å²) >= 11 is 0. The van der Waals surface area contributed by atoms with Crippen LogP contribution in [0.4, 0.5) is 0 Å². The van der Waals surface area contributed by atoms with Crippen molar-refractivity contribution in [2.24, 2.45) is 5.84 Å². The molecule has 0 aliphatic carbocycles. The summed E-state index contributed by atoms with van der Waals surface area (Å²) in [5.74, 6) is 5.78. The lowest BCUT2D eigenvalue weighted by Crippen LogP contribution is -2.31. The molecule has 0 fully saturated rings. The summed E-state index contributed by atoms with van der Waals surface area (Å²) in [6, 6.07) is 0. The number of hydrazine groups is 1. The van der Waals surface area contributed by atoms with Gasteiger partial charge in [-0.3, -0.25) is 5.84 Å². The van der Waals surface area contributed by atoms with Gasteiger partial charge in [0.1, 0.15) is 0 Å². The third-order valence-corrected chi connectivity index (χ3v) is 5.21. The smallest absolute Gasteiger partial charge is 0.0128 e. The molecule has 146 valence electrons. The summed E-state index contributed by atoms with van der Waals surface area (Å²) in [5.41, 5.74) is 0. The van der Waals surface area contributed by atoms with Gasteiger partial charge in [-0.25, -0.2) is 5.01 Å². The fourth-order valence-corrected chi connectivity index (χ4v) is 3.37. The van der Waals surface area contributed by atoms with Crippen molar-refractivity contribution in [2.75, 3.05) is 13.1 Å². The molecule has 0 unspecified atom stereocenters. The molecule has 0 radical (unpaired) electrons. The Morgan fingerprint density at radius 1 is 0.458 bits per heavy atom. The third-order valence-electron chi connectivity index (χ3n) is 5.21. The average molecular weight is 341 g/mol. The van der Waals surface area contributed by atoms with E-state index in [1.165, 1.54) is 116 Å². The highest BCUT2D eigenvalue weighted by Gasteiger charge is 1.96. The van der Waals surface area contributed by atoms with Gasteiger partial charge in [0, 0.05) is 13.1 Å². The maximum atomic E-state index is 5.78. The molecule has 2 heteroatoms. The van der Waals surface area contributed by atoms with Crippen LogP contribution in [0.1, 0.15) is 129 Å². The summed E-state index contributed by atoms with van der Waals surface area (Å²) in [5, 5.41) is 1.92. The topological polar surface area (TPSA) is 29.3 Å². The second kappa shape index (κ2) is 21.0. The maximum Gasteiger partial charge on any atom is 0.0128 e. The van der Waals surface area contributed by atoms with E-state index >= 15 is 0 Å². The van der Waals surface area contributed by atoms with Crippen LogP contribution in [-0.2, 0) is 0 Å². The Morgan fingerprint density at radius 3 is 1.04 bits per heavy atom. The molecule has 24 heavy (non-hydrogen) atoms. The largest absolute Gasteiger partial charge is 0.269 e. The van der Waals surface area contributed by atoms with Crippen LogP contribution >= 0.6 is 0 Å². The molecule has 2 N–H and O–H groups in total. The van der Waals surface area contributed by atoms with Gasteiger partial charge in [-0.15, -0.1) is 0 Å². The van der Waals surface area contributed by atoms with Crippen LogP contribution in [0.25, 0.3) is 0 Å². The van der Waals surface area contributed by atoms with E-state index in [2.05, 4.69) is 13.8 Å². The average Bonchev–Trinajstić information content (AvgIpc) is 2.60. The predicted octanol–water partition coefficient (Wildman–Crippen LogP) is 7.22. The summed E-state index contributed by atoms with van der Waals surface area (Å²) in [6.45, 7) is 6.45. The molecule has 0 saturated carbocycles.